The number of nitrogens with one attached hydrogen (secondary N) is 1. The summed E-state index contributed by atoms with van der Waals surface area (Å²) in [6.45, 7) is 2.09. The van der Waals surface area contributed by atoms with Crippen molar-refractivity contribution in [3.05, 3.63) is 27.7 Å². The van der Waals surface area contributed by atoms with Crippen molar-refractivity contribution in [2.75, 3.05) is 19.0 Å². The molecule has 1 aromatic rings. The van der Waals surface area contributed by atoms with E-state index in [-0.39, 0.29) is 33.1 Å². The van der Waals surface area contributed by atoms with E-state index in [1.807, 2.05) is 0 Å². The number of urea groups is 1. The standard InChI is InChI=1S/C14H14Cl2N2O4/c1-7-5-6-18(12(7)19)14(21)17-11-9(15)4-3-8(10(11)16)13(20)22-2/h3-4,7H,5-6H2,1-2H3,(H,17,21). The van der Waals surface area contributed by atoms with Gasteiger partial charge in [0.15, 0.2) is 0 Å². The molecule has 1 fully saturated rings. The van der Waals surface area contributed by atoms with Gasteiger partial charge in [-0.15, -0.1) is 0 Å². The van der Waals surface area contributed by atoms with Crippen LogP contribution in [0.4, 0.5) is 10.5 Å². The lowest BCUT2D eigenvalue weighted by molar-refractivity contribution is -0.127. The maximum Gasteiger partial charge on any atom is 0.339 e. The average molecular weight is 345 g/mol. The van der Waals surface area contributed by atoms with E-state index in [4.69, 9.17) is 23.2 Å². The molecule has 0 aromatic heterocycles. The molecule has 1 saturated heterocycles. The van der Waals surface area contributed by atoms with Crippen LogP contribution in [0.2, 0.25) is 10.0 Å². The number of halogens is 2. The van der Waals surface area contributed by atoms with Crippen LogP contribution in [0.3, 0.4) is 0 Å². The van der Waals surface area contributed by atoms with Crippen LogP contribution < -0.4 is 5.32 Å². The molecule has 0 radical (unpaired) electrons. The zero-order valence-corrected chi connectivity index (χ0v) is 13.5. The molecule has 1 atom stereocenters. The SMILES string of the molecule is COC(=O)c1ccc(Cl)c(NC(=O)N2CCC(C)C2=O)c1Cl. The summed E-state index contributed by atoms with van der Waals surface area (Å²) in [5.41, 5.74) is 0.147. The van der Waals surface area contributed by atoms with Crippen LogP contribution in [-0.4, -0.2) is 36.5 Å². The Hall–Kier alpha value is -1.79. The van der Waals surface area contributed by atoms with Crippen molar-refractivity contribution in [1.82, 2.24) is 4.90 Å². The summed E-state index contributed by atoms with van der Waals surface area (Å²) < 4.78 is 4.60. The van der Waals surface area contributed by atoms with Gasteiger partial charge in [0.2, 0.25) is 5.91 Å². The summed E-state index contributed by atoms with van der Waals surface area (Å²) in [6.07, 6.45) is 0.607. The average Bonchev–Trinajstić information content (AvgIpc) is 2.82. The smallest absolute Gasteiger partial charge is 0.339 e. The van der Waals surface area contributed by atoms with Crippen LogP contribution in [0.25, 0.3) is 0 Å². The van der Waals surface area contributed by atoms with Gasteiger partial charge in [0, 0.05) is 12.5 Å². The number of likely N-dealkylation sites (tertiary alicyclic amines) is 1. The van der Waals surface area contributed by atoms with Crippen LogP contribution in [0, 0.1) is 5.92 Å². The molecule has 0 aliphatic carbocycles. The monoisotopic (exact) mass is 344 g/mol. The minimum Gasteiger partial charge on any atom is -0.465 e. The first-order valence-corrected chi connectivity index (χ1v) is 7.31. The Labute approximate surface area is 137 Å². The molecule has 1 aliphatic rings. The van der Waals surface area contributed by atoms with Crippen molar-refractivity contribution < 1.29 is 19.1 Å². The molecule has 2 rings (SSSR count). The number of rotatable bonds is 2. The molecule has 8 heteroatoms. The number of carbonyl (C=O) groups excluding carboxylic acids is 3. The molecule has 1 N–H and O–H groups in total. The third kappa shape index (κ3) is 3.03. The Bertz CT molecular complexity index is 648. The van der Waals surface area contributed by atoms with Gasteiger partial charge in [0.05, 0.1) is 28.4 Å². The third-order valence-corrected chi connectivity index (χ3v) is 4.15. The van der Waals surface area contributed by atoms with Crippen molar-refractivity contribution in [2.45, 2.75) is 13.3 Å². The van der Waals surface area contributed by atoms with Gasteiger partial charge < -0.3 is 10.1 Å². The highest BCUT2D eigenvalue weighted by Gasteiger charge is 2.33. The second-order valence-corrected chi connectivity index (χ2v) is 5.67. The van der Waals surface area contributed by atoms with E-state index >= 15 is 0 Å². The van der Waals surface area contributed by atoms with Crippen LogP contribution in [0.1, 0.15) is 23.7 Å². The van der Waals surface area contributed by atoms with Gasteiger partial charge in [0.1, 0.15) is 0 Å². The molecule has 22 heavy (non-hydrogen) atoms. The molecule has 3 amide bonds. The maximum atomic E-state index is 12.2. The number of carbonyl (C=O) groups is 3. The van der Waals surface area contributed by atoms with E-state index in [0.717, 1.165) is 4.90 Å². The Kier molecular flexibility index (Phi) is 4.93. The van der Waals surface area contributed by atoms with Crippen LogP contribution in [-0.2, 0) is 9.53 Å². The first-order chi connectivity index (χ1) is 10.4. The van der Waals surface area contributed by atoms with Crippen molar-refractivity contribution in [3.63, 3.8) is 0 Å². The van der Waals surface area contributed by atoms with Gasteiger partial charge in [-0.2, -0.15) is 0 Å². The van der Waals surface area contributed by atoms with E-state index < -0.39 is 12.0 Å². The first kappa shape index (κ1) is 16.6. The number of methoxy groups -OCH3 is 1. The summed E-state index contributed by atoms with van der Waals surface area (Å²) >= 11 is 12.1. The fourth-order valence-corrected chi connectivity index (χ4v) is 2.68. The minimum atomic E-state index is -0.650. The van der Waals surface area contributed by atoms with Crippen LogP contribution in [0.5, 0.6) is 0 Å². The van der Waals surface area contributed by atoms with Gasteiger partial charge in [-0.3, -0.25) is 9.69 Å². The second-order valence-electron chi connectivity index (χ2n) is 4.89. The minimum absolute atomic E-state index is 0.0348. The lowest BCUT2D eigenvalue weighted by atomic mass is 10.1. The molecular weight excluding hydrogens is 331 g/mol. The largest absolute Gasteiger partial charge is 0.465 e. The Balaban J connectivity index is 2.28. The number of anilines is 1. The quantitative estimate of drug-likeness (QED) is 0.836. The summed E-state index contributed by atoms with van der Waals surface area (Å²) in [6, 6.07) is 2.19. The summed E-state index contributed by atoms with van der Waals surface area (Å²) in [4.78, 5) is 36.7. The van der Waals surface area contributed by atoms with Gasteiger partial charge in [-0.25, -0.2) is 9.59 Å². The van der Waals surface area contributed by atoms with Crippen molar-refractivity contribution >= 4 is 46.8 Å². The van der Waals surface area contributed by atoms with Gasteiger partial charge in [-0.1, -0.05) is 30.1 Å². The number of imide groups is 1. The van der Waals surface area contributed by atoms with Crippen LogP contribution in [0.15, 0.2) is 12.1 Å². The summed E-state index contributed by atoms with van der Waals surface area (Å²) in [7, 11) is 1.22. The predicted octanol–water partition coefficient (Wildman–Crippen LogP) is 3.18. The van der Waals surface area contributed by atoms with E-state index in [9.17, 15) is 14.4 Å². The number of amides is 3. The molecule has 0 bridgehead atoms. The molecular formula is C14H14Cl2N2O4. The fourth-order valence-electron chi connectivity index (χ4n) is 2.13. The third-order valence-electron chi connectivity index (χ3n) is 3.45. The zero-order chi connectivity index (χ0) is 16.4. The molecule has 0 spiro atoms. The van der Waals surface area contributed by atoms with Gasteiger partial charge in [-0.05, 0) is 18.6 Å². The van der Waals surface area contributed by atoms with E-state index in [0.29, 0.717) is 13.0 Å². The van der Waals surface area contributed by atoms with E-state index in [1.54, 1.807) is 6.92 Å². The highest BCUT2D eigenvalue weighted by Crippen LogP contribution is 2.34. The summed E-state index contributed by atoms with van der Waals surface area (Å²) in [5, 5.41) is 2.61. The highest BCUT2D eigenvalue weighted by atomic mass is 35.5. The molecule has 6 nitrogen and oxygen atoms in total. The molecule has 118 valence electrons. The molecule has 1 aromatic carbocycles. The molecule has 1 heterocycles. The Morgan fingerprint density at radius 2 is 2.05 bits per heavy atom. The highest BCUT2D eigenvalue weighted by molar-refractivity contribution is 6.41. The number of benzene rings is 1. The van der Waals surface area contributed by atoms with Gasteiger partial charge >= 0.3 is 12.0 Å². The lowest BCUT2D eigenvalue weighted by Crippen LogP contribution is -2.37. The van der Waals surface area contributed by atoms with Crippen LogP contribution >= 0.6 is 23.2 Å². The Morgan fingerprint density at radius 3 is 2.59 bits per heavy atom. The number of ether oxygens (including phenoxy) is 1. The van der Waals surface area contributed by atoms with E-state index in [2.05, 4.69) is 10.1 Å². The number of hydrogen-bond acceptors (Lipinski definition) is 4. The predicted molar refractivity (Wildman–Crippen MR) is 82.3 cm³/mol. The zero-order valence-electron chi connectivity index (χ0n) is 12.0. The first-order valence-electron chi connectivity index (χ1n) is 6.55. The van der Waals surface area contributed by atoms with Crippen molar-refractivity contribution in [1.29, 1.82) is 0 Å². The second kappa shape index (κ2) is 6.54. The van der Waals surface area contributed by atoms with Gasteiger partial charge in [0.25, 0.3) is 0 Å². The number of hydrogen-bond donors (Lipinski definition) is 1. The lowest BCUT2D eigenvalue weighted by Gasteiger charge is -2.17. The topological polar surface area (TPSA) is 75.7 Å². The molecule has 0 saturated carbocycles. The number of nitrogens with zero attached hydrogens (tertiary/aromatic N) is 1. The molecule has 1 unspecified atom stereocenters. The number of esters is 1. The fraction of sp³-hybridized carbons (Fsp3) is 0.357. The van der Waals surface area contributed by atoms with Crippen molar-refractivity contribution in [2.24, 2.45) is 5.92 Å². The summed E-state index contributed by atoms with van der Waals surface area (Å²) in [5.74, 6) is -1.10. The Morgan fingerprint density at radius 1 is 1.36 bits per heavy atom. The maximum absolute atomic E-state index is 12.2. The molecule has 1 aliphatic heterocycles. The van der Waals surface area contributed by atoms with Crippen molar-refractivity contribution in [3.8, 4) is 0 Å². The normalized spacial score (nSPS) is 17.5. The van der Waals surface area contributed by atoms with E-state index in [1.165, 1.54) is 19.2 Å².